The molecule has 0 atom stereocenters. The number of hydrogen-bond donors (Lipinski definition) is 3. The number of ketones is 1. The summed E-state index contributed by atoms with van der Waals surface area (Å²) in [5, 5.41) is 30.0. The lowest BCUT2D eigenvalue weighted by atomic mass is 10.1. The molecule has 0 saturated carbocycles. The van der Waals surface area contributed by atoms with E-state index >= 15 is 0 Å². The van der Waals surface area contributed by atoms with Crippen molar-refractivity contribution in [2.24, 2.45) is 0 Å². The third-order valence-electron chi connectivity index (χ3n) is 4.14. The van der Waals surface area contributed by atoms with Crippen molar-refractivity contribution in [1.29, 1.82) is 0 Å². The van der Waals surface area contributed by atoms with Gasteiger partial charge in [0.05, 0.1) is 10.5 Å². The molecule has 3 aromatic carbocycles. The molecule has 0 heterocycles. The van der Waals surface area contributed by atoms with E-state index in [1.807, 2.05) is 0 Å². The van der Waals surface area contributed by atoms with E-state index in [9.17, 15) is 28.5 Å². The van der Waals surface area contributed by atoms with Crippen LogP contribution in [0.15, 0.2) is 74.9 Å². The normalized spacial score (nSPS) is 12.0. The quantitative estimate of drug-likeness (QED) is 0.333. The lowest BCUT2D eigenvalue weighted by Crippen LogP contribution is -2.14. The van der Waals surface area contributed by atoms with E-state index in [2.05, 4.69) is 15.9 Å². The molecule has 0 saturated heterocycles. The van der Waals surface area contributed by atoms with Crippen molar-refractivity contribution in [3.05, 3.63) is 86.2 Å². The van der Waals surface area contributed by atoms with Crippen LogP contribution in [-0.4, -0.2) is 29.5 Å². The van der Waals surface area contributed by atoms with Crippen LogP contribution in [0.5, 0.6) is 17.2 Å². The molecule has 0 aliphatic rings. The van der Waals surface area contributed by atoms with Gasteiger partial charge in [-0.15, -0.1) is 0 Å². The zero-order valence-electron chi connectivity index (χ0n) is 15.1. The second kappa shape index (κ2) is 8.51. The van der Waals surface area contributed by atoms with Gasteiger partial charge in [-0.05, 0) is 54.6 Å². The van der Waals surface area contributed by atoms with Crippen LogP contribution in [0.4, 0.5) is 0 Å². The topological polar surface area (TPSA) is 112 Å². The van der Waals surface area contributed by atoms with E-state index < -0.39 is 37.8 Å². The molecule has 0 aliphatic carbocycles. The fourth-order valence-corrected chi connectivity index (χ4v) is 4.41. The minimum atomic E-state index is -4.34. The molecule has 0 spiro atoms. The predicted octanol–water partition coefficient (Wildman–Crippen LogP) is 4.92. The van der Waals surface area contributed by atoms with Crippen molar-refractivity contribution < 1.29 is 28.5 Å². The van der Waals surface area contributed by atoms with Crippen LogP contribution < -0.4 is 0 Å². The molecule has 0 unspecified atom stereocenters. The average molecular weight is 510 g/mol. The number of sulfone groups is 1. The SMILES string of the molecule is O=C(/C(=C\c1c(O)cc(O)cc1O)S(=O)(=O)c1ccc(Br)cc1)c1ccc(Cl)cc1. The summed E-state index contributed by atoms with van der Waals surface area (Å²) in [6.45, 7) is 0. The highest BCUT2D eigenvalue weighted by Gasteiger charge is 2.29. The molecule has 30 heavy (non-hydrogen) atoms. The molecule has 0 aromatic heterocycles. The van der Waals surface area contributed by atoms with E-state index in [1.165, 1.54) is 48.5 Å². The summed E-state index contributed by atoms with van der Waals surface area (Å²) in [4.78, 5) is 12.3. The van der Waals surface area contributed by atoms with Gasteiger partial charge in [-0.2, -0.15) is 0 Å². The van der Waals surface area contributed by atoms with Crippen molar-refractivity contribution in [3.8, 4) is 17.2 Å². The predicted molar refractivity (Wildman–Crippen MR) is 117 cm³/mol. The zero-order chi connectivity index (χ0) is 22.1. The van der Waals surface area contributed by atoms with Gasteiger partial charge in [0.2, 0.25) is 15.6 Å². The Kier molecular flexibility index (Phi) is 6.21. The summed E-state index contributed by atoms with van der Waals surface area (Å²) in [6, 6.07) is 13.1. The molecular weight excluding hydrogens is 496 g/mol. The van der Waals surface area contributed by atoms with E-state index in [0.29, 0.717) is 9.50 Å². The number of phenolic OH excluding ortho intramolecular Hbond substituents is 3. The first-order valence-corrected chi connectivity index (χ1v) is 11.0. The summed E-state index contributed by atoms with van der Waals surface area (Å²) in [6.07, 6.45) is 0.873. The molecule has 0 aliphatic heterocycles. The third-order valence-corrected chi connectivity index (χ3v) is 6.70. The molecule has 3 N–H and O–H groups in total. The molecular formula is C21H14BrClO6S. The number of halogens is 2. The Hall–Kier alpha value is -2.81. The maximum absolute atomic E-state index is 13.3. The average Bonchev–Trinajstić information content (AvgIpc) is 2.67. The monoisotopic (exact) mass is 508 g/mol. The Balaban J connectivity index is 2.25. The van der Waals surface area contributed by atoms with Gasteiger partial charge in [-0.1, -0.05) is 27.5 Å². The number of benzene rings is 3. The minimum Gasteiger partial charge on any atom is -0.508 e. The van der Waals surface area contributed by atoms with Crippen LogP contribution >= 0.6 is 27.5 Å². The first kappa shape index (κ1) is 21.9. The highest BCUT2D eigenvalue weighted by atomic mass is 79.9. The lowest BCUT2D eigenvalue weighted by Gasteiger charge is -2.11. The number of hydrogen-bond acceptors (Lipinski definition) is 6. The number of phenols is 3. The molecule has 154 valence electrons. The second-order valence-corrected chi connectivity index (χ2v) is 9.47. The number of carbonyl (C=O) groups is 1. The summed E-state index contributed by atoms with van der Waals surface area (Å²) < 4.78 is 27.2. The third kappa shape index (κ3) is 4.51. The molecule has 9 heteroatoms. The van der Waals surface area contributed by atoms with E-state index in [4.69, 9.17) is 11.6 Å². The highest BCUT2D eigenvalue weighted by Crippen LogP contribution is 2.36. The second-order valence-electron chi connectivity index (χ2n) is 6.20. The molecule has 0 fully saturated rings. The molecule has 3 rings (SSSR count). The summed E-state index contributed by atoms with van der Waals surface area (Å²) in [7, 11) is -4.34. The summed E-state index contributed by atoms with van der Waals surface area (Å²) in [5.41, 5.74) is -0.283. The van der Waals surface area contributed by atoms with Gasteiger partial charge >= 0.3 is 0 Å². The Morgan fingerprint density at radius 2 is 1.43 bits per heavy atom. The van der Waals surface area contributed by atoms with Crippen molar-refractivity contribution in [2.45, 2.75) is 4.90 Å². The largest absolute Gasteiger partial charge is 0.508 e. The van der Waals surface area contributed by atoms with Gasteiger partial charge < -0.3 is 15.3 Å². The van der Waals surface area contributed by atoms with Crippen molar-refractivity contribution in [2.75, 3.05) is 0 Å². The number of aromatic hydroxyl groups is 3. The van der Waals surface area contributed by atoms with Gasteiger partial charge in [0.25, 0.3) is 0 Å². The molecule has 0 amide bonds. The van der Waals surface area contributed by atoms with Gasteiger partial charge in [0.1, 0.15) is 22.2 Å². The smallest absolute Gasteiger partial charge is 0.210 e. The van der Waals surface area contributed by atoms with Crippen LogP contribution in [-0.2, 0) is 9.84 Å². The number of carbonyl (C=O) groups excluding carboxylic acids is 1. The van der Waals surface area contributed by atoms with Gasteiger partial charge in [-0.3, -0.25) is 4.79 Å². The van der Waals surface area contributed by atoms with Crippen LogP contribution in [0.1, 0.15) is 15.9 Å². The fourth-order valence-electron chi connectivity index (χ4n) is 2.64. The Morgan fingerprint density at radius 3 is 1.97 bits per heavy atom. The van der Waals surface area contributed by atoms with Crippen LogP contribution in [0, 0.1) is 0 Å². The zero-order valence-corrected chi connectivity index (χ0v) is 18.2. The van der Waals surface area contributed by atoms with Crippen LogP contribution in [0.25, 0.3) is 6.08 Å². The van der Waals surface area contributed by atoms with Crippen molar-refractivity contribution in [1.82, 2.24) is 0 Å². The summed E-state index contributed by atoms with van der Waals surface area (Å²) >= 11 is 9.07. The minimum absolute atomic E-state index is 0.0455. The first-order valence-electron chi connectivity index (χ1n) is 8.37. The van der Waals surface area contributed by atoms with Gasteiger partial charge in [0, 0.05) is 27.2 Å². The Labute approximate surface area is 185 Å². The number of Topliss-reactive ketones (excluding diaryl/α,β-unsaturated/α-hetero) is 1. The number of rotatable bonds is 5. The molecule has 0 bridgehead atoms. The van der Waals surface area contributed by atoms with E-state index in [1.54, 1.807) is 0 Å². The fraction of sp³-hybridized carbons (Fsp3) is 0. The maximum Gasteiger partial charge on any atom is 0.210 e. The first-order chi connectivity index (χ1) is 14.1. The van der Waals surface area contributed by atoms with E-state index in [0.717, 1.165) is 18.2 Å². The van der Waals surface area contributed by atoms with Gasteiger partial charge in [0.15, 0.2) is 0 Å². The van der Waals surface area contributed by atoms with E-state index in [-0.39, 0.29) is 16.0 Å². The maximum atomic E-state index is 13.3. The van der Waals surface area contributed by atoms with Crippen molar-refractivity contribution >= 4 is 49.2 Å². The Morgan fingerprint density at radius 1 is 0.900 bits per heavy atom. The molecule has 0 radical (unpaired) electrons. The standard InChI is InChI=1S/C21H14BrClO6S/c22-13-3-7-16(8-4-13)30(28,29)20(21(27)12-1-5-14(23)6-2-12)11-17-18(25)9-15(24)10-19(17)26/h1-11,24-26H/b20-11+. The van der Waals surface area contributed by atoms with Crippen LogP contribution in [0.2, 0.25) is 5.02 Å². The number of allylic oxidation sites excluding steroid dienone is 1. The summed E-state index contributed by atoms with van der Waals surface area (Å²) in [5.74, 6) is -2.48. The van der Waals surface area contributed by atoms with Gasteiger partial charge in [-0.25, -0.2) is 8.42 Å². The van der Waals surface area contributed by atoms with Crippen molar-refractivity contribution in [3.63, 3.8) is 0 Å². The molecule has 3 aromatic rings. The van der Waals surface area contributed by atoms with Crippen LogP contribution in [0.3, 0.4) is 0 Å². The highest BCUT2D eigenvalue weighted by molar-refractivity contribution is 9.10. The molecule has 6 nitrogen and oxygen atoms in total. The lowest BCUT2D eigenvalue weighted by molar-refractivity contribution is 0.104. The Bertz CT molecular complexity index is 1230.